The van der Waals surface area contributed by atoms with Crippen LogP contribution >= 0.6 is 0 Å². The maximum Gasteiger partial charge on any atom is 0.225 e. The lowest BCUT2D eigenvalue weighted by Gasteiger charge is -2.35. The largest absolute Gasteiger partial charge is 0.490 e. The van der Waals surface area contributed by atoms with E-state index in [0.717, 1.165) is 19.3 Å². The molecule has 1 aromatic carbocycles. The normalized spacial score (nSPS) is 19.1. The number of carbonyl (C=O) groups excluding carboxylic acids is 3. The monoisotopic (exact) mass is 386 g/mol. The van der Waals surface area contributed by atoms with Crippen LogP contribution in [0.15, 0.2) is 18.2 Å². The standard InChI is InChI=1S/C21H26N2O5/c24-17(16-4-6-18-19(14-16)28-13-1-12-27-18)5-7-20(25)22-8-10-23(11-9-22)21(26)15-2-3-15/h4,6,14-15H,1-3,5,7-13H2. The van der Waals surface area contributed by atoms with Gasteiger partial charge in [-0.1, -0.05) is 0 Å². The van der Waals surface area contributed by atoms with E-state index in [-0.39, 0.29) is 36.4 Å². The molecule has 1 aromatic rings. The topological polar surface area (TPSA) is 76.2 Å². The zero-order valence-electron chi connectivity index (χ0n) is 16.0. The molecule has 0 spiro atoms. The third-order valence-electron chi connectivity index (χ3n) is 5.51. The van der Waals surface area contributed by atoms with Gasteiger partial charge >= 0.3 is 0 Å². The molecule has 7 heteroatoms. The van der Waals surface area contributed by atoms with Gasteiger partial charge in [0.25, 0.3) is 0 Å². The quantitative estimate of drug-likeness (QED) is 0.723. The molecule has 3 aliphatic rings. The van der Waals surface area contributed by atoms with Crippen molar-refractivity contribution < 1.29 is 23.9 Å². The van der Waals surface area contributed by atoms with Crippen LogP contribution in [0.1, 0.15) is 42.5 Å². The summed E-state index contributed by atoms with van der Waals surface area (Å²) in [5.41, 5.74) is 0.539. The van der Waals surface area contributed by atoms with Crippen LogP contribution in [0.25, 0.3) is 0 Å². The Kier molecular flexibility index (Phi) is 5.50. The van der Waals surface area contributed by atoms with Crippen LogP contribution in [0, 0.1) is 5.92 Å². The highest BCUT2D eigenvalue weighted by atomic mass is 16.5. The van der Waals surface area contributed by atoms with Gasteiger partial charge < -0.3 is 19.3 Å². The van der Waals surface area contributed by atoms with E-state index in [0.29, 0.717) is 56.5 Å². The summed E-state index contributed by atoms with van der Waals surface area (Å²) in [6.45, 7) is 3.46. The van der Waals surface area contributed by atoms with Gasteiger partial charge in [0, 0.05) is 56.9 Å². The number of benzene rings is 1. The molecule has 0 bridgehead atoms. The minimum atomic E-state index is -0.0773. The highest BCUT2D eigenvalue weighted by Crippen LogP contribution is 2.32. The van der Waals surface area contributed by atoms with Gasteiger partial charge in [0.2, 0.25) is 11.8 Å². The van der Waals surface area contributed by atoms with Crippen molar-refractivity contribution in [2.24, 2.45) is 5.92 Å². The molecule has 0 N–H and O–H groups in total. The van der Waals surface area contributed by atoms with E-state index in [1.54, 1.807) is 23.1 Å². The molecule has 1 saturated heterocycles. The van der Waals surface area contributed by atoms with Crippen LogP contribution in [0.2, 0.25) is 0 Å². The third-order valence-corrected chi connectivity index (χ3v) is 5.51. The van der Waals surface area contributed by atoms with Crippen molar-refractivity contribution in [1.82, 2.24) is 9.80 Å². The maximum atomic E-state index is 12.5. The van der Waals surface area contributed by atoms with Gasteiger partial charge in [-0.05, 0) is 31.0 Å². The number of ether oxygens (including phenoxy) is 2. The van der Waals surface area contributed by atoms with Crippen molar-refractivity contribution in [1.29, 1.82) is 0 Å². The average molecular weight is 386 g/mol. The van der Waals surface area contributed by atoms with Crippen LogP contribution in [-0.2, 0) is 9.59 Å². The Hall–Kier alpha value is -2.57. The number of hydrogen-bond donors (Lipinski definition) is 0. The van der Waals surface area contributed by atoms with E-state index in [1.807, 2.05) is 4.90 Å². The molecule has 0 aromatic heterocycles. The Morgan fingerprint density at radius 3 is 2.29 bits per heavy atom. The molecule has 1 aliphatic carbocycles. The molecule has 0 atom stereocenters. The summed E-state index contributed by atoms with van der Waals surface area (Å²) < 4.78 is 11.2. The number of hydrogen-bond acceptors (Lipinski definition) is 5. The molecule has 2 amide bonds. The third kappa shape index (κ3) is 4.29. The molecule has 0 unspecified atom stereocenters. The van der Waals surface area contributed by atoms with Gasteiger partial charge in [-0.2, -0.15) is 0 Å². The predicted molar refractivity (Wildman–Crippen MR) is 101 cm³/mol. The number of piperazine rings is 1. The number of ketones is 1. The molecule has 1 saturated carbocycles. The highest BCUT2D eigenvalue weighted by Gasteiger charge is 2.35. The molecule has 2 heterocycles. The number of amides is 2. The van der Waals surface area contributed by atoms with Crippen LogP contribution < -0.4 is 9.47 Å². The fraction of sp³-hybridized carbons (Fsp3) is 0.571. The first-order valence-electron chi connectivity index (χ1n) is 10.1. The summed E-state index contributed by atoms with van der Waals surface area (Å²) in [7, 11) is 0. The Morgan fingerprint density at radius 1 is 0.893 bits per heavy atom. The van der Waals surface area contributed by atoms with Gasteiger partial charge in [0.15, 0.2) is 17.3 Å². The first-order chi connectivity index (χ1) is 13.6. The number of fused-ring (bicyclic) bond motifs is 1. The maximum absolute atomic E-state index is 12.5. The highest BCUT2D eigenvalue weighted by molar-refractivity contribution is 5.98. The number of Topliss-reactive ketones (excluding diaryl/α,β-unsaturated/α-hetero) is 1. The summed E-state index contributed by atoms with van der Waals surface area (Å²) in [6, 6.07) is 5.18. The first kappa shape index (κ1) is 18.8. The lowest BCUT2D eigenvalue weighted by atomic mass is 10.1. The summed E-state index contributed by atoms with van der Waals surface area (Å²) in [5.74, 6) is 1.59. The van der Waals surface area contributed by atoms with E-state index in [9.17, 15) is 14.4 Å². The Morgan fingerprint density at radius 2 is 1.57 bits per heavy atom. The predicted octanol–water partition coefficient (Wildman–Crippen LogP) is 1.89. The lowest BCUT2D eigenvalue weighted by Crippen LogP contribution is -2.51. The van der Waals surface area contributed by atoms with Gasteiger partial charge in [0.05, 0.1) is 13.2 Å². The van der Waals surface area contributed by atoms with Crippen molar-refractivity contribution in [2.45, 2.75) is 32.1 Å². The van der Waals surface area contributed by atoms with Gasteiger partial charge in [0.1, 0.15) is 0 Å². The SMILES string of the molecule is O=C(CCC(=O)N1CCN(C(=O)C2CC2)CC1)c1ccc2c(c1)OCCCO2. The molecule has 150 valence electrons. The first-order valence-corrected chi connectivity index (χ1v) is 10.1. The summed E-state index contributed by atoms with van der Waals surface area (Å²) >= 11 is 0. The van der Waals surface area contributed by atoms with Gasteiger partial charge in [-0.3, -0.25) is 14.4 Å². The van der Waals surface area contributed by atoms with Crippen molar-refractivity contribution >= 4 is 17.6 Å². The molecule has 7 nitrogen and oxygen atoms in total. The molecule has 2 fully saturated rings. The molecule has 0 radical (unpaired) electrons. The molecular formula is C21H26N2O5. The van der Waals surface area contributed by atoms with Crippen LogP contribution in [0.3, 0.4) is 0 Å². The van der Waals surface area contributed by atoms with Crippen molar-refractivity contribution in [2.75, 3.05) is 39.4 Å². The smallest absolute Gasteiger partial charge is 0.225 e. The van der Waals surface area contributed by atoms with E-state index in [1.165, 1.54) is 0 Å². The minimum absolute atomic E-state index is 0.0267. The van der Waals surface area contributed by atoms with E-state index < -0.39 is 0 Å². The second kappa shape index (κ2) is 8.20. The van der Waals surface area contributed by atoms with Crippen LogP contribution in [-0.4, -0.2) is 66.8 Å². The Labute approximate surface area is 164 Å². The molecule has 4 rings (SSSR count). The average Bonchev–Trinajstić information content (AvgIpc) is 3.58. The van der Waals surface area contributed by atoms with E-state index in [2.05, 4.69) is 0 Å². The fourth-order valence-corrected chi connectivity index (χ4v) is 3.62. The van der Waals surface area contributed by atoms with Crippen LogP contribution in [0.4, 0.5) is 0 Å². The summed E-state index contributed by atoms with van der Waals surface area (Å²) in [5, 5.41) is 0. The molecule has 28 heavy (non-hydrogen) atoms. The Bertz CT molecular complexity index is 766. The van der Waals surface area contributed by atoms with E-state index in [4.69, 9.17) is 9.47 Å². The van der Waals surface area contributed by atoms with Crippen LogP contribution in [0.5, 0.6) is 11.5 Å². The van der Waals surface area contributed by atoms with Gasteiger partial charge in [-0.15, -0.1) is 0 Å². The molecular weight excluding hydrogens is 360 g/mol. The number of carbonyl (C=O) groups is 3. The van der Waals surface area contributed by atoms with Crippen molar-refractivity contribution in [3.05, 3.63) is 23.8 Å². The summed E-state index contributed by atoms with van der Waals surface area (Å²) in [6.07, 6.45) is 3.16. The van der Waals surface area contributed by atoms with Crippen molar-refractivity contribution in [3.8, 4) is 11.5 Å². The number of rotatable bonds is 5. The lowest BCUT2D eigenvalue weighted by molar-refractivity contribution is -0.140. The zero-order chi connectivity index (χ0) is 19.5. The summed E-state index contributed by atoms with van der Waals surface area (Å²) in [4.78, 5) is 40.7. The fourth-order valence-electron chi connectivity index (χ4n) is 3.62. The minimum Gasteiger partial charge on any atom is -0.490 e. The zero-order valence-corrected chi connectivity index (χ0v) is 16.0. The van der Waals surface area contributed by atoms with Crippen molar-refractivity contribution in [3.63, 3.8) is 0 Å². The number of nitrogens with zero attached hydrogens (tertiary/aromatic N) is 2. The Balaban J connectivity index is 1.26. The van der Waals surface area contributed by atoms with Gasteiger partial charge in [-0.25, -0.2) is 0 Å². The second-order valence-corrected chi connectivity index (χ2v) is 7.62. The van der Waals surface area contributed by atoms with E-state index >= 15 is 0 Å². The second-order valence-electron chi connectivity index (χ2n) is 7.62. The molecule has 2 aliphatic heterocycles.